The van der Waals surface area contributed by atoms with Gasteiger partial charge in [-0.15, -0.1) is 0 Å². The van der Waals surface area contributed by atoms with Crippen molar-refractivity contribution in [1.82, 2.24) is 0 Å². The average Bonchev–Trinajstić information content (AvgIpc) is 2.71. The molecular formula is C12H12Br2O3. The lowest BCUT2D eigenvalue weighted by Crippen LogP contribution is -2.50. The van der Waals surface area contributed by atoms with Crippen LogP contribution in [0.1, 0.15) is 24.8 Å². The van der Waals surface area contributed by atoms with Crippen molar-refractivity contribution in [3.05, 3.63) is 26.6 Å². The quantitative estimate of drug-likeness (QED) is 0.806. The van der Waals surface area contributed by atoms with Gasteiger partial charge in [-0.25, -0.2) is 0 Å². The zero-order valence-corrected chi connectivity index (χ0v) is 12.2. The fourth-order valence-corrected chi connectivity index (χ4v) is 4.29. The molecule has 0 radical (unpaired) electrons. The second-order valence-electron chi connectivity index (χ2n) is 4.73. The fraction of sp³-hybridized carbons (Fsp3) is 0.500. The van der Waals surface area contributed by atoms with E-state index in [1.807, 2.05) is 12.1 Å². The van der Waals surface area contributed by atoms with Gasteiger partial charge in [0.15, 0.2) is 5.60 Å². The van der Waals surface area contributed by atoms with E-state index in [1.165, 1.54) is 0 Å². The average molecular weight is 364 g/mol. The number of benzene rings is 1. The molecule has 1 heterocycles. The van der Waals surface area contributed by atoms with Crippen LogP contribution in [-0.4, -0.2) is 22.4 Å². The van der Waals surface area contributed by atoms with Crippen molar-refractivity contribution in [2.75, 3.05) is 6.61 Å². The molecule has 2 aliphatic rings. The molecule has 0 amide bonds. The Morgan fingerprint density at radius 3 is 2.76 bits per heavy atom. The maximum absolute atomic E-state index is 10.9. The summed E-state index contributed by atoms with van der Waals surface area (Å²) in [5.74, 6) is 0.657. The molecule has 1 aliphatic heterocycles. The van der Waals surface area contributed by atoms with Crippen LogP contribution in [0.5, 0.6) is 5.75 Å². The van der Waals surface area contributed by atoms with E-state index < -0.39 is 11.2 Å². The van der Waals surface area contributed by atoms with Crippen molar-refractivity contribution in [3.8, 4) is 5.75 Å². The van der Waals surface area contributed by atoms with E-state index in [0.29, 0.717) is 18.6 Å². The smallest absolute Gasteiger partial charge is 0.165 e. The largest absolute Gasteiger partial charge is 0.480 e. The lowest BCUT2D eigenvalue weighted by atomic mass is 9.83. The van der Waals surface area contributed by atoms with E-state index in [9.17, 15) is 10.2 Å². The van der Waals surface area contributed by atoms with Crippen molar-refractivity contribution >= 4 is 31.9 Å². The van der Waals surface area contributed by atoms with E-state index in [2.05, 4.69) is 31.9 Å². The highest BCUT2D eigenvalue weighted by Crippen LogP contribution is 2.58. The molecule has 3 nitrogen and oxygen atoms in total. The van der Waals surface area contributed by atoms with Gasteiger partial charge in [-0.1, -0.05) is 15.9 Å². The van der Waals surface area contributed by atoms with Gasteiger partial charge in [-0.05, 0) is 47.3 Å². The first-order valence-corrected chi connectivity index (χ1v) is 7.13. The fourth-order valence-electron chi connectivity index (χ4n) is 2.99. The van der Waals surface area contributed by atoms with E-state index in [4.69, 9.17) is 4.74 Å². The van der Waals surface area contributed by atoms with Gasteiger partial charge in [-0.2, -0.15) is 0 Å². The summed E-state index contributed by atoms with van der Waals surface area (Å²) in [6, 6.07) is 3.76. The maximum atomic E-state index is 10.9. The van der Waals surface area contributed by atoms with Crippen LogP contribution in [0.25, 0.3) is 0 Å². The Labute approximate surface area is 116 Å². The third-order valence-electron chi connectivity index (χ3n) is 3.88. The third kappa shape index (κ3) is 1.40. The first-order valence-electron chi connectivity index (χ1n) is 5.54. The normalized spacial score (nSPS) is 34.4. The topological polar surface area (TPSA) is 49.7 Å². The molecular weight excluding hydrogens is 352 g/mol. The van der Waals surface area contributed by atoms with Crippen LogP contribution < -0.4 is 4.74 Å². The number of aliphatic hydroxyl groups is 2. The monoisotopic (exact) mass is 362 g/mol. The molecule has 0 aromatic heterocycles. The minimum absolute atomic E-state index is 0.164. The SMILES string of the molecule is OCC12CCCC1(O)c1cc(Br)cc(Br)c1O2. The molecule has 92 valence electrons. The summed E-state index contributed by atoms with van der Waals surface area (Å²) in [7, 11) is 0. The maximum Gasteiger partial charge on any atom is 0.165 e. The van der Waals surface area contributed by atoms with Gasteiger partial charge in [0.1, 0.15) is 11.4 Å². The van der Waals surface area contributed by atoms with Crippen molar-refractivity contribution in [1.29, 1.82) is 0 Å². The zero-order chi connectivity index (χ0) is 12.3. The molecule has 1 aromatic rings. The molecule has 3 rings (SSSR count). The van der Waals surface area contributed by atoms with Gasteiger partial charge in [0, 0.05) is 10.0 Å². The molecule has 0 saturated heterocycles. The Hall–Kier alpha value is -0.100. The summed E-state index contributed by atoms with van der Waals surface area (Å²) in [5, 5.41) is 20.5. The minimum atomic E-state index is -1.07. The highest BCUT2D eigenvalue weighted by molar-refractivity contribution is 9.11. The molecule has 1 saturated carbocycles. The Morgan fingerprint density at radius 1 is 1.29 bits per heavy atom. The summed E-state index contributed by atoms with van der Waals surface area (Å²) in [4.78, 5) is 0. The molecule has 1 aromatic carbocycles. The van der Waals surface area contributed by atoms with Gasteiger partial charge in [0.25, 0.3) is 0 Å². The van der Waals surface area contributed by atoms with Gasteiger partial charge in [0.2, 0.25) is 0 Å². The van der Waals surface area contributed by atoms with E-state index in [-0.39, 0.29) is 6.61 Å². The summed E-state index contributed by atoms with van der Waals surface area (Å²) < 4.78 is 7.58. The van der Waals surface area contributed by atoms with Gasteiger partial charge in [0.05, 0.1) is 11.1 Å². The summed E-state index contributed by atoms with van der Waals surface area (Å²) in [6.45, 7) is -0.164. The first kappa shape index (κ1) is 12.0. The highest BCUT2D eigenvalue weighted by atomic mass is 79.9. The standard InChI is InChI=1S/C12H12Br2O3/c13-7-4-8-10(9(14)5-7)17-11(6-15)2-1-3-12(8,11)16/h4-5,15-16H,1-3,6H2. The first-order chi connectivity index (χ1) is 8.02. The van der Waals surface area contributed by atoms with Crippen LogP contribution in [0.4, 0.5) is 0 Å². The molecule has 1 fully saturated rings. The molecule has 0 bridgehead atoms. The molecule has 17 heavy (non-hydrogen) atoms. The van der Waals surface area contributed by atoms with Crippen LogP contribution >= 0.6 is 31.9 Å². The zero-order valence-electron chi connectivity index (χ0n) is 9.04. The van der Waals surface area contributed by atoms with Crippen LogP contribution in [0, 0.1) is 0 Å². The number of hydrogen-bond acceptors (Lipinski definition) is 3. The molecule has 2 N–H and O–H groups in total. The second kappa shape index (κ2) is 3.70. The van der Waals surface area contributed by atoms with E-state index >= 15 is 0 Å². The predicted octanol–water partition coefficient (Wildman–Crippen LogP) is 2.71. The Bertz CT molecular complexity index is 491. The summed E-state index contributed by atoms with van der Waals surface area (Å²) >= 11 is 6.85. The molecule has 5 heteroatoms. The van der Waals surface area contributed by atoms with Gasteiger partial charge < -0.3 is 14.9 Å². The number of fused-ring (bicyclic) bond motifs is 3. The minimum Gasteiger partial charge on any atom is -0.480 e. The van der Waals surface area contributed by atoms with E-state index in [0.717, 1.165) is 20.9 Å². The second-order valence-corrected chi connectivity index (χ2v) is 6.50. The molecule has 2 unspecified atom stereocenters. The molecule has 1 aliphatic carbocycles. The summed E-state index contributed by atoms with van der Waals surface area (Å²) in [6.07, 6.45) is 2.17. The van der Waals surface area contributed by atoms with Gasteiger partial charge in [-0.3, -0.25) is 0 Å². The number of aliphatic hydroxyl groups excluding tert-OH is 1. The number of hydrogen-bond donors (Lipinski definition) is 2. The number of rotatable bonds is 1. The van der Waals surface area contributed by atoms with E-state index in [1.54, 1.807) is 0 Å². The van der Waals surface area contributed by atoms with Crippen molar-refractivity contribution in [3.63, 3.8) is 0 Å². The number of halogens is 2. The Balaban J connectivity index is 2.24. The van der Waals surface area contributed by atoms with Crippen molar-refractivity contribution in [2.24, 2.45) is 0 Å². The van der Waals surface area contributed by atoms with Crippen molar-refractivity contribution in [2.45, 2.75) is 30.5 Å². The molecule has 0 spiro atoms. The lowest BCUT2D eigenvalue weighted by molar-refractivity contribution is -0.116. The number of ether oxygens (including phenoxy) is 1. The third-order valence-corrected chi connectivity index (χ3v) is 4.93. The Morgan fingerprint density at radius 2 is 2.06 bits per heavy atom. The molecule has 2 atom stereocenters. The van der Waals surface area contributed by atoms with Crippen LogP contribution in [-0.2, 0) is 5.60 Å². The summed E-state index contributed by atoms with van der Waals surface area (Å²) in [5.41, 5.74) is -1.16. The van der Waals surface area contributed by atoms with Crippen molar-refractivity contribution < 1.29 is 14.9 Å². The lowest BCUT2D eigenvalue weighted by Gasteiger charge is -2.33. The van der Waals surface area contributed by atoms with Crippen LogP contribution in [0.2, 0.25) is 0 Å². The highest BCUT2D eigenvalue weighted by Gasteiger charge is 2.62. The van der Waals surface area contributed by atoms with Gasteiger partial charge >= 0.3 is 0 Å². The van der Waals surface area contributed by atoms with Crippen LogP contribution in [0.3, 0.4) is 0 Å². The van der Waals surface area contributed by atoms with Crippen LogP contribution in [0.15, 0.2) is 21.1 Å². The Kier molecular flexibility index (Phi) is 2.60. The predicted molar refractivity (Wildman–Crippen MR) is 70.0 cm³/mol.